The fourth-order valence-electron chi connectivity index (χ4n) is 15.6. The van der Waals surface area contributed by atoms with Gasteiger partial charge >= 0.3 is 0 Å². The van der Waals surface area contributed by atoms with Gasteiger partial charge in [0.05, 0.1) is 38.2 Å². The number of methoxy groups -OCH3 is 1. The second-order valence-corrected chi connectivity index (χ2v) is 26.2. The van der Waals surface area contributed by atoms with Crippen molar-refractivity contribution < 1.29 is 33.9 Å². The van der Waals surface area contributed by atoms with E-state index in [0.717, 1.165) is 85.4 Å². The molecule has 14 heteroatoms. The molecular weight excluding hydrogens is 1110 g/mol. The maximum atomic E-state index is 14.9. The SMILES string of the molecule is COc1c2c(c3oc(-c4ccc(O)cc4)cc(=O)c3c1OCCC(O)C=Cc1ccccc1)CCc1cccc(c1)-c1cc3[nH]c1N1CCNCC1C1(CCC(Cc4cc(ccc4C4(C)CCCC4)CC3C)C1)c1ccc(c(N=C(N)N)c1)CC(CO)CO2. The molecule has 3 fully saturated rings. The Labute approximate surface area is 521 Å². The zero-order valence-corrected chi connectivity index (χ0v) is 51.5. The van der Waals surface area contributed by atoms with Gasteiger partial charge in [-0.3, -0.25) is 4.79 Å². The summed E-state index contributed by atoms with van der Waals surface area (Å²) in [5, 5.41) is 37.0. The molecule has 9 N–H and O–H groups in total. The van der Waals surface area contributed by atoms with E-state index in [1.165, 1.54) is 61.2 Å². The number of hydrogen-bond donors (Lipinski definition) is 7. The van der Waals surface area contributed by atoms with Gasteiger partial charge in [-0.1, -0.05) is 124 Å². The molecule has 10 bridgehead atoms. The molecule has 6 heterocycles. The summed E-state index contributed by atoms with van der Waals surface area (Å²) in [4.78, 5) is 26.7. The van der Waals surface area contributed by atoms with Crippen LogP contribution in [-0.2, 0) is 42.9 Å². The molecule has 6 unspecified atom stereocenters. The van der Waals surface area contributed by atoms with Gasteiger partial charge in [0.2, 0.25) is 5.75 Å². The van der Waals surface area contributed by atoms with Crippen molar-refractivity contribution >= 4 is 34.5 Å². The smallest absolute Gasteiger partial charge is 0.204 e. The van der Waals surface area contributed by atoms with Crippen LogP contribution in [0.15, 0.2) is 148 Å². The fourth-order valence-corrected chi connectivity index (χ4v) is 15.6. The second kappa shape index (κ2) is 25.3. The van der Waals surface area contributed by atoms with Crippen molar-refractivity contribution in [3.63, 3.8) is 0 Å². The van der Waals surface area contributed by atoms with Crippen LogP contribution in [0.1, 0.15) is 121 Å². The molecule has 0 radical (unpaired) electrons. The quantitative estimate of drug-likeness (QED) is 0.0476. The molecule has 89 heavy (non-hydrogen) atoms. The minimum absolute atomic E-state index is 0.00496. The predicted molar refractivity (Wildman–Crippen MR) is 354 cm³/mol. The van der Waals surface area contributed by atoms with Crippen LogP contribution in [0.4, 0.5) is 11.5 Å². The minimum Gasteiger partial charge on any atom is -0.508 e. The molecule has 462 valence electrons. The number of piperazine rings is 1. The molecule has 1 spiro atoms. The zero-order chi connectivity index (χ0) is 61.4. The number of rotatable bonds is 11. The highest BCUT2D eigenvalue weighted by atomic mass is 16.5. The third-order valence-corrected chi connectivity index (χ3v) is 20.2. The third kappa shape index (κ3) is 12.1. The van der Waals surface area contributed by atoms with Gasteiger partial charge in [-0.25, -0.2) is 4.99 Å². The number of nitrogens with zero attached hydrogens (tertiary/aromatic N) is 2. The average Bonchev–Trinajstić information content (AvgIpc) is 1.76. The Hall–Kier alpha value is -8.30. The van der Waals surface area contributed by atoms with E-state index in [-0.39, 0.29) is 94.4 Å². The van der Waals surface area contributed by atoms with Crippen molar-refractivity contribution in [3.05, 3.63) is 194 Å². The number of phenols is 1. The maximum Gasteiger partial charge on any atom is 0.204 e. The van der Waals surface area contributed by atoms with E-state index < -0.39 is 12.0 Å². The maximum absolute atomic E-state index is 14.9. The van der Waals surface area contributed by atoms with Gasteiger partial charge in [0.25, 0.3) is 0 Å². The van der Waals surface area contributed by atoms with E-state index in [9.17, 15) is 20.1 Å². The first kappa shape index (κ1) is 59.7. The second-order valence-electron chi connectivity index (χ2n) is 26.2. The Morgan fingerprint density at radius 3 is 2.51 bits per heavy atom. The molecule has 8 aromatic rings. The predicted octanol–water partition coefficient (Wildman–Crippen LogP) is 12.5. The lowest BCUT2D eigenvalue weighted by atomic mass is 9.69. The van der Waals surface area contributed by atoms with Crippen molar-refractivity contribution in [1.29, 1.82) is 0 Å². The molecule has 4 aliphatic heterocycles. The number of nitrogens with two attached hydrogens (primary N) is 2. The van der Waals surface area contributed by atoms with Crippen LogP contribution < -0.4 is 41.3 Å². The molecule has 2 aromatic heterocycles. The Kier molecular flexibility index (Phi) is 17.0. The van der Waals surface area contributed by atoms with E-state index in [2.05, 4.69) is 95.8 Å². The lowest BCUT2D eigenvalue weighted by molar-refractivity contribution is 0.157. The number of aromatic amines is 1. The number of aliphatic imine (C=N–C) groups is 1. The summed E-state index contributed by atoms with van der Waals surface area (Å²) in [6.45, 7) is 7.07. The number of aromatic hydroxyl groups is 1. The largest absolute Gasteiger partial charge is 0.508 e. The number of anilines is 1. The van der Waals surface area contributed by atoms with Crippen LogP contribution >= 0.6 is 0 Å². The topological polar surface area (TPSA) is 214 Å². The van der Waals surface area contributed by atoms with Crippen LogP contribution in [0, 0.1) is 11.8 Å². The first-order valence-corrected chi connectivity index (χ1v) is 32.2. The Morgan fingerprint density at radius 1 is 0.876 bits per heavy atom. The van der Waals surface area contributed by atoms with Crippen LogP contribution in [0.5, 0.6) is 23.0 Å². The van der Waals surface area contributed by atoms with E-state index >= 15 is 0 Å². The third-order valence-electron chi connectivity index (χ3n) is 20.2. The normalized spacial score (nSPS) is 21.9. The number of guanidine groups is 1. The van der Waals surface area contributed by atoms with E-state index in [1.54, 1.807) is 35.9 Å². The summed E-state index contributed by atoms with van der Waals surface area (Å²) in [7, 11) is 1.52. The molecule has 6 aliphatic rings. The molecule has 6 aromatic carbocycles. The number of fused-ring (bicyclic) bond motifs is 11. The summed E-state index contributed by atoms with van der Waals surface area (Å²) in [5.41, 5.74) is 26.2. The molecule has 2 aliphatic carbocycles. The Morgan fingerprint density at radius 2 is 1.71 bits per heavy atom. The van der Waals surface area contributed by atoms with Gasteiger partial charge in [-0.05, 0) is 156 Å². The van der Waals surface area contributed by atoms with Gasteiger partial charge in [0, 0.05) is 78.4 Å². The summed E-state index contributed by atoms with van der Waals surface area (Å²) in [5.74, 6) is 2.16. The van der Waals surface area contributed by atoms with E-state index in [1.807, 2.05) is 36.4 Å². The number of ether oxygens (including phenoxy) is 3. The number of H-pyrrole nitrogens is 1. The van der Waals surface area contributed by atoms with Crippen LogP contribution in [0.3, 0.4) is 0 Å². The summed E-state index contributed by atoms with van der Waals surface area (Å²) < 4.78 is 27.0. The number of benzene rings is 6. The number of aryl methyl sites for hydroxylation is 2. The van der Waals surface area contributed by atoms with Gasteiger partial charge in [-0.15, -0.1) is 0 Å². The number of aromatic nitrogens is 1. The first-order chi connectivity index (χ1) is 43.3. The number of hydrogen-bond acceptors (Lipinski definition) is 11. The monoisotopic (exact) mass is 1200 g/mol. The molecule has 0 amide bonds. The Bertz CT molecular complexity index is 3990. The van der Waals surface area contributed by atoms with Crippen molar-refractivity contribution in [2.45, 2.75) is 126 Å². The van der Waals surface area contributed by atoms with Gasteiger partial charge in [-0.2, -0.15) is 0 Å². The van der Waals surface area contributed by atoms with E-state index in [4.69, 9.17) is 35.1 Å². The highest BCUT2D eigenvalue weighted by Crippen LogP contribution is 2.54. The molecular formula is C75H84N6O8. The zero-order valence-electron chi connectivity index (χ0n) is 51.5. The van der Waals surface area contributed by atoms with Gasteiger partial charge in [0.1, 0.15) is 28.3 Å². The van der Waals surface area contributed by atoms with E-state index in [0.29, 0.717) is 47.7 Å². The molecule has 6 atom stereocenters. The molecule has 2 saturated carbocycles. The van der Waals surface area contributed by atoms with Gasteiger partial charge in [0.15, 0.2) is 22.9 Å². The molecule has 14 nitrogen and oxygen atoms in total. The van der Waals surface area contributed by atoms with Crippen LogP contribution in [0.25, 0.3) is 39.5 Å². The number of phenolic OH excluding ortho intramolecular Hbond substituents is 1. The van der Waals surface area contributed by atoms with Crippen LogP contribution in [0.2, 0.25) is 0 Å². The molecule has 1 saturated heterocycles. The summed E-state index contributed by atoms with van der Waals surface area (Å²) in [6.07, 6.45) is 14.1. The highest BCUT2D eigenvalue weighted by Gasteiger charge is 2.50. The summed E-state index contributed by atoms with van der Waals surface area (Å²) in [6, 6.07) is 43.2. The van der Waals surface area contributed by atoms with Crippen molar-refractivity contribution in [3.8, 4) is 45.4 Å². The average molecular weight is 1200 g/mol. The van der Waals surface area contributed by atoms with Gasteiger partial charge < -0.3 is 60.6 Å². The highest BCUT2D eigenvalue weighted by molar-refractivity contribution is 5.93. The van der Waals surface area contributed by atoms with Crippen molar-refractivity contribution in [2.24, 2.45) is 28.3 Å². The number of aliphatic hydroxyl groups is 2. The molecule has 14 rings (SSSR count). The van der Waals surface area contributed by atoms with Crippen molar-refractivity contribution in [2.75, 3.05) is 51.5 Å². The number of aliphatic hydroxyl groups excluding tert-OH is 2. The minimum atomic E-state index is -0.870. The lowest BCUT2D eigenvalue weighted by Gasteiger charge is -2.49. The Balaban J connectivity index is 0.983. The standard InChI is InChI=1S/C75H84N6O8/c1-46-34-49-16-25-61(74(2)28-7-8-29-74)55(36-49)37-50-26-30-75(42-50)56-20-17-54(63(39-56)80-73(76)77)38-51(44-82)45-88-69-59(24-15-48-12-9-13-53(35-48)60-40-62(46)79-72(60)81-32-31-78-43-66(75)81)68-67(64(85)41-65(89-68)52-18-22-57(83)23-19-52)70(71(69)86-3)87-33-27-58(84)21-14-47-10-5-4-6-11-47/h4-6,9-14,16-23,25,35-36,39-41,46,50-51,58,66,78-79,82-84H,7-8,15,24,26-34,37-38,42-45H2,1-3H3,(H4,76,77,80). The first-order valence-electron chi connectivity index (χ1n) is 32.2. The lowest BCUT2D eigenvalue weighted by Crippen LogP contribution is -2.60. The van der Waals surface area contributed by atoms with Crippen molar-refractivity contribution in [1.82, 2.24) is 10.3 Å². The van der Waals surface area contributed by atoms with Crippen LogP contribution in [-0.4, -0.2) is 85.0 Å². The summed E-state index contributed by atoms with van der Waals surface area (Å²) >= 11 is 0. The fraction of sp³-hybridized carbons (Fsp3) is 0.387. The number of nitrogens with one attached hydrogen (secondary N) is 2.